The summed E-state index contributed by atoms with van der Waals surface area (Å²) in [7, 11) is 1.46. The highest BCUT2D eigenvalue weighted by molar-refractivity contribution is 6.02. The van der Waals surface area contributed by atoms with Crippen molar-refractivity contribution in [2.75, 3.05) is 19.0 Å². The minimum absolute atomic E-state index is 0.0111. The predicted octanol–water partition coefficient (Wildman–Crippen LogP) is 3.37. The summed E-state index contributed by atoms with van der Waals surface area (Å²) in [6, 6.07) is 15.1. The van der Waals surface area contributed by atoms with Crippen LogP contribution in [-0.2, 0) is 11.3 Å². The molecule has 0 aliphatic rings. The third kappa shape index (κ3) is 6.86. The number of anilines is 1. The molecule has 34 heavy (non-hydrogen) atoms. The molecule has 3 rings (SSSR count). The van der Waals surface area contributed by atoms with E-state index in [4.69, 9.17) is 13.9 Å². The maximum atomic E-state index is 12.6. The summed E-state index contributed by atoms with van der Waals surface area (Å²) in [6.07, 6.45) is 1.43. The predicted molar refractivity (Wildman–Crippen MR) is 126 cm³/mol. The van der Waals surface area contributed by atoms with Crippen LogP contribution in [0.2, 0.25) is 0 Å². The van der Waals surface area contributed by atoms with Crippen molar-refractivity contribution in [3.8, 4) is 11.5 Å². The Balaban J connectivity index is 1.58. The van der Waals surface area contributed by atoms with Crippen LogP contribution in [0.5, 0.6) is 11.5 Å². The number of furan rings is 1. The second-order valence-electron chi connectivity index (χ2n) is 7.69. The average molecular weight is 466 g/mol. The summed E-state index contributed by atoms with van der Waals surface area (Å²) < 4.78 is 15.9. The van der Waals surface area contributed by atoms with Gasteiger partial charge >= 0.3 is 0 Å². The highest BCUT2D eigenvalue weighted by atomic mass is 16.5. The molecule has 0 atom stereocenters. The lowest BCUT2D eigenvalue weighted by atomic mass is 10.1. The van der Waals surface area contributed by atoms with Crippen molar-refractivity contribution >= 4 is 23.4 Å². The minimum Gasteiger partial charge on any atom is -0.493 e. The number of carbonyl (C=O) groups is 3. The standard InChI is InChI=1S/C25H27N3O6/c1-16(2)27-23(29)15-34-20-10-9-18(13-22(20)32-3)24(30)26-14-17-6-4-7-19(12-17)28-25(31)21-8-5-11-33-21/h4-13,16H,14-15H2,1-3H3,(H,26,30)(H,27,29)(H,28,31). The zero-order valence-electron chi connectivity index (χ0n) is 19.2. The third-order valence-corrected chi connectivity index (χ3v) is 4.62. The van der Waals surface area contributed by atoms with Gasteiger partial charge in [-0.1, -0.05) is 12.1 Å². The molecule has 0 fully saturated rings. The third-order valence-electron chi connectivity index (χ3n) is 4.62. The van der Waals surface area contributed by atoms with Crippen LogP contribution in [-0.4, -0.2) is 37.5 Å². The second kappa shape index (κ2) is 11.6. The first kappa shape index (κ1) is 24.4. The van der Waals surface area contributed by atoms with Gasteiger partial charge in [0, 0.05) is 23.8 Å². The van der Waals surface area contributed by atoms with Crippen LogP contribution in [0.4, 0.5) is 5.69 Å². The van der Waals surface area contributed by atoms with E-state index in [0.29, 0.717) is 22.7 Å². The van der Waals surface area contributed by atoms with Crippen molar-refractivity contribution in [1.29, 1.82) is 0 Å². The zero-order valence-corrected chi connectivity index (χ0v) is 19.2. The van der Waals surface area contributed by atoms with Crippen LogP contribution < -0.4 is 25.4 Å². The summed E-state index contributed by atoms with van der Waals surface area (Å²) in [4.78, 5) is 36.6. The van der Waals surface area contributed by atoms with Gasteiger partial charge in [-0.25, -0.2) is 0 Å². The largest absolute Gasteiger partial charge is 0.493 e. The Hall–Kier alpha value is -4.27. The summed E-state index contributed by atoms with van der Waals surface area (Å²) in [5.74, 6) is -0.0117. The molecule has 3 amide bonds. The van der Waals surface area contributed by atoms with E-state index in [1.165, 1.54) is 13.4 Å². The Morgan fingerprint density at radius 1 is 0.971 bits per heavy atom. The fraction of sp³-hybridized carbons (Fsp3) is 0.240. The van der Waals surface area contributed by atoms with Crippen molar-refractivity contribution in [2.24, 2.45) is 0 Å². The Kier molecular flexibility index (Phi) is 8.28. The molecule has 1 aromatic heterocycles. The summed E-state index contributed by atoms with van der Waals surface area (Å²) >= 11 is 0. The van der Waals surface area contributed by atoms with Crippen LogP contribution >= 0.6 is 0 Å². The molecular weight excluding hydrogens is 438 g/mol. The molecule has 0 spiro atoms. The molecule has 9 heteroatoms. The molecule has 2 aromatic carbocycles. The van der Waals surface area contributed by atoms with Crippen LogP contribution in [0.25, 0.3) is 0 Å². The van der Waals surface area contributed by atoms with E-state index >= 15 is 0 Å². The van der Waals surface area contributed by atoms with E-state index in [1.54, 1.807) is 48.5 Å². The van der Waals surface area contributed by atoms with Gasteiger partial charge in [0.15, 0.2) is 23.9 Å². The summed E-state index contributed by atoms with van der Waals surface area (Å²) in [6.45, 7) is 3.81. The SMILES string of the molecule is COc1cc(C(=O)NCc2cccc(NC(=O)c3ccco3)c2)ccc1OCC(=O)NC(C)C. The molecule has 0 aliphatic carbocycles. The highest BCUT2D eigenvalue weighted by Crippen LogP contribution is 2.28. The second-order valence-corrected chi connectivity index (χ2v) is 7.69. The van der Waals surface area contributed by atoms with Crippen molar-refractivity contribution in [1.82, 2.24) is 10.6 Å². The van der Waals surface area contributed by atoms with Gasteiger partial charge in [-0.15, -0.1) is 0 Å². The van der Waals surface area contributed by atoms with Gasteiger partial charge in [0.1, 0.15) is 0 Å². The van der Waals surface area contributed by atoms with Crippen LogP contribution in [0.3, 0.4) is 0 Å². The Labute approximate surface area is 197 Å². The molecule has 9 nitrogen and oxygen atoms in total. The van der Waals surface area contributed by atoms with E-state index in [-0.39, 0.29) is 42.7 Å². The van der Waals surface area contributed by atoms with Crippen molar-refractivity contribution in [3.63, 3.8) is 0 Å². The number of methoxy groups -OCH3 is 1. The first-order valence-corrected chi connectivity index (χ1v) is 10.7. The van der Waals surface area contributed by atoms with Gasteiger partial charge in [-0.2, -0.15) is 0 Å². The fourth-order valence-electron chi connectivity index (χ4n) is 3.08. The first-order valence-electron chi connectivity index (χ1n) is 10.7. The van der Waals surface area contributed by atoms with Gasteiger partial charge in [0.05, 0.1) is 13.4 Å². The minimum atomic E-state index is -0.359. The number of rotatable bonds is 10. The van der Waals surface area contributed by atoms with Gasteiger partial charge < -0.3 is 29.8 Å². The Bertz CT molecular complexity index is 1140. The molecule has 1 heterocycles. The van der Waals surface area contributed by atoms with Crippen molar-refractivity contribution < 1.29 is 28.3 Å². The molecule has 0 unspecified atom stereocenters. The number of hydrogen-bond donors (Lipinski definition) is 3. The lowest BCUT2D eigenvalue weighted by molar-refractivity contribution is -0.123. The van der Waals surface area contributed by atoms with Crippen molar-refractivity contribution in [2.45, 2.75) is 26.4 Å². The molecule has 3 N–H and O–H groups in total. The normalized spacial score (nSPS) is 10.5. The van der Waals surface area contributed by atoms with E-state index in [9.17, 15) is 14.4 Å². The monoisotopic (exact) mass is 465 g/mol. The lowest BCUT2D eigenvalue weighted by Crippen LogP contribution is -2.34. The molecule has 0 saturated carbocycles. The molecular formula is C25H27N3O6. The smallest absolute Gasteiger partial charge is 0.291 e. The number of benzene rings is 2. The number of carbonyl (C=O) groups excluding carboxylic acids is 3. The van der Waals surface area contributed by atoms with E-state index in [0.717, 1.165) is 5.56 Å². The molecule has 178 valence electrons. The highest BCUT2D eigenvalue weighted by Gasteiger charge is 2.13. The van der Waals surface area contributed by atoms with Crippen LogP contribution in [0.1, 0.15) is 40.3 Å². The first-order chi connectivity index (χ1) is 16.4. The van der Waals surface area contributed by atoms with Gasteiger partial charge in [-0.3, -0.25) is 14.4 Å². The van der Waals surface area contributed by atoms with E-state index < -0.39 is 0 Å². The fourth-order valence-corrected chi connectivity index (χ4v) is 3.08. The molecule has 0 radical (unpaired) electrons. The number of ether oxygens (including phenoxy) is 2. The summed E-state index contributed by atoms with van der Waals surface area (Å²) in [5.41, 5.74) is 1.75. The molecule has 0 aliphatic heterocycles. The van der Waals surface area contributed by atoms with Gasteiger partial charge in [0.2, 0.25) is 0 Å². The maximum absolute atomic E-state index is 12.6. The molecule has 0 bridgehead atoms. The zero-order chi connectivity index (χ0) is 24.5. The summed E-state index contributed by atoms with van der Waals surface area (Å²) in [5, 5.41) is 8.32. The maximum Gasteiger partial charge on any atom is 0.291 e. The topological polar surface area (TPSA) is 119 Å². The van der Waals surface area contributed by atoms with Crippen LogP contribution in [0.15, 0.2) is 65.3 Å². The number of nitrogens with one attached hydrogen (secondary N) is 3. The molecule has 3 aromatic rings. The van der Waals surface area contributed by atoms with E-state index in [1.807, 2.05) is 19.9 Å². The number of amides is 3. The van der Waals surface area contributed by atoms with E-state index in [2.05, 4.69) is 16.0 Å². The molecule has 0 saturated heterocycles. The average Bonchev–Trinajstić information content (AvgIpc) is 3.36. The number of hydrogen-bond acceptors (Lipinski definition) is 6. The lowest BCUT2D eigenvalue weighted by Gasteiger charge is -2.13. The quantitative estimate of drug-likeness (QED) is 0.422. The van der Waals surface area contributed by atoms with Crippen molar-refractivity contribution in [3.05, 3.63) is 77.7 Å². The Morgan fingerprint density at radius 3 is 2.50 bits per heavy atom. The van der Waals surface area contributed by atoms with Gasteiger partial charge in [-0.05, 0) is 61.9 Å². The Morgan fingerprint density at radius 2 is 1.79 bits per heavy atom. The van der Waals surface area contributed by atoms with Crippen LogP contribution in [0, 0.1) is 0 Å². The van der Waals surface area contributed by atoms with Gasteiger partial charge in [0.25, 0.3) is 17.7 Å².